The smallest absolute Gasteiger partial charge is 0.293 e. The molecule has 8 nitrogen and oxygen atoms in total. The van der Waals surface area contributed by atoms with E-state index in [2.05, 4.69) is 13.8 Å². The monoisotopic (exact) mass is 383 g/mol. The zero-order chi connectivity index (χ0) is 20.4. The number of nitrogens with zero attached hydrogens (tertiary/aromatic N) is 3. The van der Waals surface area contributed by atoms with E-state index in [1.54, 1.807) is 12.1 Å². The lowest BCUT2D eigenvalue weighted by Gasteiger charge is -2.36. The Bertz CT molecular complexity index is 916. The minimum Gasteiger partial charge on any atom is -0.365 e. The summed E-state index contributed by atoms with van der Waals surface area (Å²) >= 11 is 0. The highest BCUT2D eigenvalue weighted by Crippen LogP contribution is 2.34. The number of ketones is 1. The second-order valence-corrected chi connectivity index (χ2v) is 7.44. The summed E-state index contributed by atoms with van der Waals surface area (Å²) < 4.78 is 0. The zero-order valence-corrected chi connectivity index (χ0v) is 15.7. The lowest BCUT2D eigenvalue weighted by molar-refractivity contribution is -0.384. The first-order chi connectivity index (χ1) is 13.3. The minimum atomic E-state index is -0.547. The Labute approximate surface area is 162 Å². The molecule has 0 spiro atoms. The van der Waals surface area contributed by atoms with Crippen LogP contribution in [0.2, 0.25) is 0 Å². The highest BCUT2D eigenvalue weighted by molar-refractivity contribution is 6.09. The summed E-state index contributed by atoms with van der Waals surface area (Å²) in [6.07, 6.45) is 1.08. The predicted octanol–water partition coefficient (Wildman–Crippen LogP) is 4.22. The van der Waals surface area contributed by atoms with Crippen molar-refractivity contribution in [1.82, 2.24) is 0 Å². The molecule has 0 aromatic heterocycles. The third-order valence-corrected chi connectivity index (χ3v) is 4.98. The maximum absolute atomic E-state index is 12.7. The summed E-state index contributed by atoms with van der Waals surface area (Å²) in [5, 5.41) is 22.4. The van der Waals surface area contributed by atoms with Crippen LogP contribution >= 0.6 is 0 Å². The molecule has 0 bridgehead atoms. The molecule has 28 heavy (non-hydrogen) atoms. The third kappa shape index (κ3) is 4.00. The van der Waals surface area contributed by atoms with E-state index in [-0.39, 0.29) is 22.5 Å². The molecular formula is C20H21N3O5. The van der Waals surface area contributed by atoms with Gasteiger partial charge in [-0.05, 0) is 42.5 Å². The van der Waals surface area contributed by atoms with Crippen LogP contribution in [0.5, 0.6) is 0 Å². The van der Waals surface area contributed by atoms with Crippen molar-refractivity contribution in [2.75, 3.05) is 18.0 Å². The molecule has 0 aliphatic carbocycles. The Hall–Kier alpha value is -3.29. The maximum Gasteiger partial charge on any atom is 0.293 e. The average molecular weight is 383 g/mol. The van der Waals surface area contributed by atoms with Gasteiger partial charge in [0, 0.05) is 42.4 Å². The third-order valence-electron chi connectivity index (χ3n) is 4.98. The molecule has 0 N–H and O–H groups in total. The van der Waals surface area contributed by atoms with Gasteiger partial charge in [0.1, 0.15) is 5.69 Å². The molecule has 1 heterocycles. The molecule has 0 saturated carbocycles. The Morgan fingerprint density at radius 2 is 1.50 bits per heavy atom. The van der Waals surface area contributed by atoms with Crippen LogP contribution in [0.15, 0.2) is 42.5 Å². The average Bonchev–Trinajstić information content (AvgIpc) is 2.66. The van der Waals surface area contributed by atoms with Crippen molar-refractivity contribution in [1.29, 1.82) is 0 Å². The normalized spacial score (nSPS) is 19.3. The standard InChI is InChI=1S/C20H21N3O5/c1-13-9-14(2)12-21(11-13)18-8-5-16(10-19(18)23(27)28)20(24)15-3-6-17(7-4-15)22(25)26/h3-8,10,13-14H,9,11-12H2,1-2H3/t13-,14-/m1/s1. The zero-order valence-electron chi connectivity index (χ0n) is 15.7. The minimum absolute atomic E-state index is 0.103. The number of non-ortho nitro benzene ring substituents is 1. The van der Waals surface area contributed by atoms with Crippen molar-refractivity contribution in [3.05, 3.63) is 73.8 Å². The molecule has 0 amide bonds. The van der Waals surface area contributed by atoms with E-state index in [0.717, 1.165) is 19.5 Å². The van der Waals surface area contributed by atoms with Crippen LogP contribution < -0.4 is 4.90 Å². The van der Waals surface area contributed by atoms with Crippen molar-refractivity contribution in [2.24, 2.45) is 11.8 Å². The molecule has 0 unspecified atom stereocenters. The number of nitro benzene ring substituents is 2. The summed E-state index contributed by atoms with van der Waals surface area (Å²) in [7, 11) is 0. The predicted molar refractivity (Wildman–Crippen MR) is 105 cm³/mol. The first-order valence-electron chi connectivity index (χ1n) is 9.08. The molecule has 1 aliphatic heterocycles. The molecule has 146 valence electrons. The largest absolute Gasteiger partial charge is 0.365 e. The van der Waals surface area contributed by atoms with Gasteiger partial charge in [0.2, 0.25) is 0 Å². The summed E-state index contributed by atoms with van der Waals surface area (Å²) in [5.41, 5.74) is 0.721. The van der Waals surface area contributed by atoms with Gasteiger partial charge in [-0.3, -0.25) is 25.0 Å². The topological polar surface area (TPSA) is 107 Å². The lowest BCUT2D eigenvalue weighted by atomic mass is 9.91. The van der Waals surface area contributed by atoms with Gasteiger partial charge in [-0.2, -0.15) is 0 Å². The summed E-state index contributed by atoms with van der Waals surface area (Å²) in [6, 6.07) is 9.70. The molecule has 2 aromatic rings. The van der Waals surface area contributed by atoms with Crippen LogP contribution in [-0.2, 0) is 0 Å². The SMILES string of the molecule is C[C@@H]1C[C@@H](C)CN(c2ccc(C(=O)c3ccc([N+](=O)[O-])cc3)cc2[N+](=O)[O-])C1. The van der Waals surface area contributed by atoms with Gasteiger partial charge < -0.3 is 4.90 Å². The number of piperidine rings is 1. The molecule has 1 saturated heterocycles. The van der Waals surface area contributed by atoms with E-state index in [9.17, 15) is 25.0 Å². The highest BCUT2D eigenvalue weighted by atomic mass is 16.6. The number of carbonyl (C=O) groups is 1. The fourth-order valence-corrected chi connectivity index (χ4v) is 3.84. The summed E-state index contributed by atoms with van der Waals surface area (Å²) in [4.78, 5) is 36.1. The Kier molecular flexibility index (Phi) is 5.39. The van der Waals surface area contributed by atoms with Crippen LogP contribution in [0.1, 0.15) is 36.2 Å². The fraction of sp³-hybridized carbons (Fsp3) is 0.350. The number of hydrogen-bond acceptors (Lipinski definition) is 6. The molecule has 2 aromatic carbocycles. The highest BCUT2D eigenvalue weighted by Gasteiger charge is 2.28. The number of benzene rings is 2. The number of hydrogen-bond donors (Lipinski definition) is 0. The quantitative estimate of drug-likeness (QED) is 0.435. The van der Waals surface area contributed by atoms with Gasteiger partial charge in [0.05, 0.1) is 9.85 Å². The van der Waals surface area contributed by atoms with Gasteiger partial charge in [0.15, 0.2) is 5.78 Å². The summed E-state index contributed by atoms with van der Waals surface area (Å²) in [6.45, 7) is 5.73. The molecule has 3 rings (SSSR count). The molecule has 8 heteroatoms. The van der Waals surface area contributed by atoms with Crippen molar-refractivity contribution >= 4 is 22.8 Å². The van der Waals surface area contributed by atoms with E-state index in [1.165, 1.54) is 30.3 Å². The van der Waals surface area contributed by atoms with Crippen LogP contribution in [0.3, 0.4) is 0 Å². The molecule has 1 fully saturated rings. The number of rotatable bonds is 5. The van der Waals surface area contributed by atoms with E-state index in [0.29, 0.717) is 17.5 Å². The van der Waals surface area contributed by atoms with Crippen molar-refractivity contribution in [3.8, 4) is 0 Å². The Morgan fingerprint density at radius 3 is 2.04 bits per heavy atom. The molecular weight excluding hydrogens is 362 g/mol. The second-order valence-electron chi connectivity index (χ2n) is 7.44. The van der Waals surface area contributed by atoms with Gasteiger partial charge in [-0.15, -0.1) is 0 Å². The number of nitro groups is 2. The first kappa shape index (κ1) is 19.5. The van der Waals surface area contributed by atoms with Gasteiger partial charge in [-0.25, -0.2) is 0 Å². The lowest BCUT2D eigenvalue weighted by Crippen LogP contribution is -2.39. The van der Waals surface area contributed by atoms with Crippen LogP contribution in [-0.4, -0.2) is 28.7 Å². The fourth-order valence-electron chi connectivity index (χ4n) is 3.84. The molecule has 1 aliphatic rings. The summed E-state index contributed by atoms with van der Waals surface area (Å²) in [5.74, 6) is 0.458. The number of carbonyl (C=O) groups excluding carboxylic acids is 1. The van der Waals surface area contributed by atoms with E-state index in [4.69, 9.17) is 0 Å². The molecule has 2 atom stereocenters. The first-order valence-corrected chi connectivity index (χ1v) is 9.08. The Morgan fingerprint density at radius 1 is 0.929 bits per heavy atom. The van der Waals surface area contributed by atoms with E-state index in [1.807, 2.05) is 4.90 Å². The maximum atomic E-state index is 12.7. The second kappa shape index (κ2) is 7.75. The van der Waals surface area contributed by atoms with E-state index < -0.39 is 15.6 Å². The number of anilines is 1. The van der Waals surface area contributed by atoms with Gasteiger partial charge in [0.25, 0.3) is 11.4 Å². The molecule has 0 radical (unpaired) electrons. The van der Waals surface area contributed by atoms with Crippen molar-refractivity contribution < 1.29 is 14.6 Å². The van der Waals surface area contributed by atoms with E-state index >= 15 is 0 Å². The van der Waals surface area contributed by atoms with Crippen molar-refractivity contribution in [3.63, 3.8) is 0 Å². The Balaban J connectivity index is 1.93. The van der Waals surface area contributed by atoms with Crippen LogP contribution in [0, 0.1) is 32.1 Å². The van der Waals surface area contributed by atoms with Crippen LogP contribution in [0.25, 0.3) is 0 Å². The van der Waals surface area contributed by atoms with Crippen molar-refractivity contribution in [2.45, 2.75) is 20.3 Å². The van der Waals surface area contributed by atoms with Gasteiger partial charge >= 0.3 is 0 Å². The van der Waals surface area contributed by atoms with Gasteiger partial charge in [-0.1, -0.05) is 13.8 Å². The van der Waals surface area contributed by atoms with Crippen LogP contribution in [0.4, 0.5) is 17.1 Å².